The Labute approximate surface area is 151 Å². The molecule has 1 amide bonds. The molecule has 0 aliphatic rings. The Morgan fingerprint density at radius 1 is 0.923 bits per heavy atom. The lowest BCUT2D eigenvalue weighted by Crippen LogP contribution is -2.40. The fourth-order valence-corrected chi connectivity index (χ4v) is 2.55. The third-order valence-electron chi connectivity index (χ3n) is 3.93. The molecule has 26 heavy (non-hydrogen) atoms. The van der Waals surface area contributed by atoms with E-state index in [-0.39, 0.29) is 6.42 Å². The van der Waals surface area contributed by atoms with Gasteiger partial charge in [0, 0.05) is 17.5 Å². The van der Waals surface area contributed by atoms with Crippen LogP contribution < -0.4 is 5.32 Å². The monoisotopic (exact) mass is 343 g/mol. The van der Waals surface area contributed by atoms with Gasteiger partial charge in [-0.1, -0.05) is 60.4 Å². The maximum absolute atomic E-state index is 12.4. The summed E-state index contributed by atoms with van der Waals surface area (Å²) in [6.07, 6.45) is 0.0313. The standard InChI is InChI=1S/C22H17NO3/c24-21(19-14-13-17-10-4-5-11-18(17)15-19)23-20(22(25)26)12-6-9-16-7-2-1-3-8-16/h1-5,7-8,10-11,13-15,20H,12H2,(H,23,24)(H,25,26)/t20-/m1/s1. The third-order valence-corrected chi connectivity index (χ3v) is 3.93. The highest BCUT2D eigenvalue weighted by Gasteiger charge is 2.19. The lowest BCUT2D eigenvalue weighted by Gasteiger charge is -2.12. The van der Waals surface area contributed by atoms with Gasteiger partial charge < -0.3 is 10.4 Å². The number of benzene rings is 3. The third kappa shape index (κ3) is 4.28. The van der Waals surface area contributed by atoms with Crippen molar-refractivity contribution in [2.24, 2.45) is 0 Å². The number of aliphatic carboxylic acids is 1. The summed E-state index contributed by atoms with van der Waals surface area (Å²) < 4.78 is 0. The number of nitrogens with one attached hydrogen (secondary N) is 1. The van der Waals surface area contributed by atoms with E-state index in [4.69, 9.17) is 0 Å². The SMILES string of the molecule is O=C(N[C@H](CC#Cc1ccccc1)C(=O)O)c1ccc2ccccc2c1. The number of carboxylic acids is 1. The zero-order valence-corrected chi connectivity index (χ0v) is 14.0. The highest BCUT2D eigenvalue weighted by molar-refractivity contribution is 6.00. The van der Waals surface area contributed by atoms with Crippen LogP contribution in [0.15, 0.2) is 72.8 Å². The van der Waals surface area contributed by atoms with Crippen molar-refractivity contribution in [3.05, 3.63) is 83.9 Å². The molecule has 3 rings (SSSR count). The van der Waals surface area contributed by atoms with E-state index in [1.807, 2.05) is 60.7 Å². The van der Waals surface area contributed by atoms with Crippen LogP contribution in [0.5, 0.6) is 0 Å². The molecular formula is C22H17NO3. The Hall–Kier alpha value is -3.58. The number of hydrogen-bond donors (Lipinski definition) is 2. The van der Waals surface area contributed by atoms with Gasteiger partial charge in [-0.05, 0) is 35.0 Å². The second-order valence-corrected chi connectivity index (χ2v) is 5.80. The summed E-state index contributed by atoms with van der Waals surface area (Å²) in [5.74, 6) is 4.19. The van der Waals surface area contributed by atoms with Crippen molar-refractivity contribution in [2.45, 2.75) is 12.5 Å². The van der Waals surface area contributed by atoms with Gasteiger partial charge >= 0.3 is 5.97 Å². The van der Waals surface area contributed by atoms with Gasteiger partial charge in [-0.2, -0.15) is 0 Å². The Morgan fingerprint density at radius 3 is 2.35 bits per heavy atom. The Balaban J connectivity index is 1.71. The first-order valence-corrected chi connectivity index (χ1v) is 8.20. The number of carbonyl (C=O) groups is 2. The van der Waals surface area contributed by atoms with Crippen LogP contribution >= 0.6 is 0 Å². The van der Waals surface area contributed by atoms with Crippen molar-refractivity contribution >= 4 is 22.6 Å². The molecule has 0 fully saturated rings. The van der Waals surface area contributed by atoms with E-state index < -0.39 is 17.9 Å². The van der Waals surface area contributed by atoms with Gasteiger partial charge in [-0.3, -0.25) is 4.79 Å². The zero-order chi connectivity index (χ0) is 18.4. The van der Waals surface area contributed by atoms with Crippen molar-refractivity contribution < 1.29 is 14.7 Å². The van der Waals surface area contributed by atoms with Crippen LogP contribution in [0.1, 0.15) is 22.3 Å². The van der Waals surface area contributed by atoms with E-state index in [1.165, 1.54) is 0 Å². The minimum absolute atomic E-state index is 0.0313. The maximum Gasteiger partial charge on any atom is 0.327 e. The average Bonchev–Trinajstić information content (AvgIpc) is 2.67. The van der Waals surface area contributed by atoms with E-state index in [1.54, 1.807) is 12.1 Å². The zero-order valence-electron chi connectivity index (χ0n) is 14.0. The van der Waals surface area contributed by atoms with Crippen molar-refractivity contribution in [3.63, 3.8) is 0 Å². The van der Waals surface area contributed by atoms with Crippen LogP contribution in [0.3, 0.4) is 0 Å². The van der Waals surface area contributed by atoms with Crippen LogP contribution in [-0.4, -0.2) is 23.0 Å². The number of rotatable bonds is 4. The summed E-state index contributed by atoms with van der Waals surface area (Å²) in [6, 6.07) is 21.2. The van der Waals surface area contributed by atoms with Crippen LogP contribution in [0, 0.1) is 11.8 Å². The van der Waals surface area contributed by atoms with Gasteiger partial charge in [0.05, 0.1) is 0 Å². The van der Waals surface area contributed by atoms with E-state index in [9.17, 15) is 14.7 Å². The van der Waals surface area contributed by atoms with E-state index >= 15 is 0 Å². The Bertz CT molecular complexity index is 1000. The lowest BCUT2D eigenvalue weighted by atomic mass is 10.1. The highest BCUT2D eigenvalue weighted by atomic mass is 16.4. The minimum Gasteiger partial charge on any atom is -0.480 e. The van der Waals surface area contributed by atoms with Gasteiger partial charge in [-0.25, -0.2) is 4.79 Å². The molecule has 3 aromatic rings. The summed E-state index contributed by atoms with van der Waals surface area (Å²) in [5.41, 5.74) is 1.23. The molecule has 3 aromatic carbocycles. The van der Waals surface area contributed by atoms with Gasteiger partial charge in [0.25, 0.3) is 5.91 Å². The molecule has 0 saturated heterocycles. The molecule has 0 aliphatic carbocycles. The number of carbonyl (C=O) groups excluding carboxylic acids is 1. The molecule has 0 spiro atoms. The first kappa shape index (κ1) is 17.2. The molecular weight excluding hydrogens is 326 g/mol. The second-order valence-electron chi connectivity index (χ2n) is 5.80. The number of fused-ring (bicyclic) bond motifs is 1. The fraction of sp³-hybridized carbons (Fsp3) is 0.0909. The van der Waals surface area contributed by atoms with Crippen molar-refractivity contribution in [1.82, 2.24) is 5.32 Å². The fourth-order valence-electron chi connectivity index (χ4n) is 2.55. The molecule has 0 aliphatic heterocycles. The summed E-state index contributed by atoms with van der Waals surface area (Å²) >= 11 is 0. The predicted molar refractivity (Wildman–Crippen MR) is 101 cm³/mol. The molecule has 0 saturated carbocycles. The molecule has 2 N–H and O–H groups in total. The molecule has 0 bridgehead atoms. The quantitative estimate of drug-likeness (QED) is 0.713. The molecule has 0 radical (unpaired) electrons. The maximum atomic E-state index is 12.4. The first-order chi connectivity index (χ1) is 12.6. The van der Waals surface area contributed by atoms with Gasteiger partial charge in [0.2, 0.25) is 0 Å². The average molecular weight is 343 g/mol. The van der Waals surface area contributed by atoms with Gasteiger partial charge in [0.15, 0.2) is 0 Å². The van der Waals surface area contributed by atoms with Crippen LogP contribution in [0.4, 0.5) is 0 Å². The summed E-state index contributed by atoms with van der Waals surface area (Å²) in [6.45, 7) is 0. The van der Waals surface area contributed by atoms with Crippen molar-refractivity contribution in [3.8, 4) is 11.8 Å². The normalized spacial score (nSPS) is 11.2. The van der Waals surface area contributed by atoms with Crippen LogP contribution in [-0.2, 0) is 4.79 Å². The summed E-state index contributed by atoms with van der Waals surface area (Å²) in [4.78, 5) is 23.9. The smallest absolute Gasteiger partial charge is 0.327 e. The van der Waals surface area contributed by atoms with Gasteiger partial charge in [0.1, 0.15) is 6.04 Å². The molecule has 128 valence electrons. The van der Waals surface area contributed by atoms with Crippen LogP contribution in [0.25, 0.3) is 10.8 Å². The Kier molecular flexibility index (Phi) is 5.31. The summed E-state index contributed by atoms with van der Waals surface area (Å²) in [5, 5.41) is 13.8. The largest absolute Gasteiger partial charge is 0.480 e. The molecule has 4 nitrogen and oxygen atoms in total. The Morgan fingerprint density at radius 2 is 1.62 bits per heavy atom. The first-order valence-electron chi connectivity index (χ1n) is 8.20. The van der Waals surface area contributed by atoms with E-state index in [0.29, 0.717) is 5.56 Å². The highest BCUT2D eigenvalue weighted by Crippen LogP contribution is 2.15. The van der Waals surface area contributed by atoms with Crippen LogP contribution in [0.2, 0.25) is 0 Å². The molecule has 0 aromatic heterocycles. The van der Waals surface area contributed by atoms with E-state index in [2.05, 4.69) is 17.2 Å². The number of hydrogen-bond acceptors (Lipinski definition) is 2. The van der Waals surface area contributed by atoms with Crippen molar-refractivity contribution in [2.75, 3.05) is 0 Å². The van der Waals surface area contributed by atoms with Gasteiger partial charge in [-0.15, -0.1) is 0 Å². The molecule has 1 atom stereocenters. The molecule has 0 heterocycles. The minimum atomic E-state index is -1.11. The lowest BCUT2D eigenvalue weighted by molar-refractivity contribution is -0.139. The molecule has 0 unspecified atom stereocenters. The number of carboxylic acid groups (broad SMARTS) is 1. The summed E-state index contributed by atoms with van der Waals surface area (Å²) in [7, 11) is 0. The predicted octanol–water partition coefficient (Wildman–Crippen LogP) is 3.46. The van der Waals surface area contributed by atoms with Crippen molar-refractivity contribution in [1.29, 1.82) is 0 Å². The second kappa shape index (κ2) is 8.00. The molecule has 4 heteroatoms. The topological polar surface area (TPSA) is 66.4 Å². The number of amides is 1. The van der Waals surface area contributed by atoms with E-state index in [0.717, 1.165) is 16.3 Å².